The van der Waals surface area contributed by atoms with Crippen LogP contribution in [0.4, 0.5) is 0 Å². The summed E-state index contributed by atoms with van der Waals surface area (Å²) >= 11 is 12.5. The Morgan fingerprint density at radius 1 is 0.868 bits per heavy atom. The van der Waals surface area contributed by atoms with Crippen molar-refractivity contribution in [2.75, 3.05) is 19.7 Å². The molecular weight excluding hydrogens is 517 g/mol. The van der Waals surface area contributed by atoms with E-state index in [1.54, 1.807) is 0 Å². The molecule has 0 unspecified atom stereocenters. The van der Waals surface area contributed by atoms with Gasteiger partial charge < -0.3 is 14.6 Å². The Hall–Kier alpha value is -2.86. The lowest BCUT2D eigenvalue weighted by atomic mass is 9.85. The topological polar surface area (TPSA) is 58.4 Å². The van der Waals surface area contributed by atoms with Crippen molar-refractivity contribution in [2.45, 2.75) is 50.0 Å². The third-order valence-corrected chi connectivity index (χ3v) is 8.44. The number of imidazole rings is 1. The minimum atomic E-state index is -0.0953. The van der Waals surface area contributed by atoms with Crippen LogP contribution >= 0.6 is 23.2 Å². The molecule has 2 fully saturated rings. The summed E-state index contributed by atoms with van der Waals surface area (Å²) in [5.74, 6) is 1.77. The number of fused-ring (bicyclic) bond motifs is 1. The van der Waals surface area contributed by atoms with Gasteiger partial charge in [0.1, 0.15) is 5.82 Å². The zero-order valence-electron chi connectivity index (χ0n) is 21.2. The van der Waals surface area contributed by atoms with Gasteiger partial charge in [-0.15, -0.1) is 0 Å². The van der Waals surface area contributed by atoms with Crippen molar-refractivity contribution >= 4 is 40.1 Å². The molecule has 0 atom stereocenters. The van der Waals surface area contributed by atoms with Crippen LogP contribution in [0.2, 0.25) is 10.0 Å². The maximum absolute atomic E-state index is 12.4. The van der Waals surface area contributed by atoms with E-state index in [4.69, 9.17) is 28.2 Å². The summed E-state index contributed by atoms with van der Waals surface area (Å²) in [4.78, 5) is 19.4. The van der Waals surface area contributed by atoms with Gasteiger partial charge in [-0.3, -0.25) is 4.79 Å². The second-order valence-corrected chi connectivity index (χ2v) is 11.4. The first-order valence-electron chi connectivity index (χ1n) is 13.4. The number of aliphatic hydroxyl groups excluding tert-OH is 1. The van der Waals surface area contributed by atoms with Gasteiger partial charge in [-0.25, -0.2) is 4.98 Å². The Kier molecular flexibility index (Phi) is 7.17. The number of amides is 1. The van der Waals surface area contributed by atoms with E-state index in [0.29, 0.717) is 25.0 Å². The molecule has 0 bridgehead atoms. The van der Waals surface area contributed by atoms with E-state index in [2.05, 4.69) is 47.0 Å². The lowest BCUT2D eigenvalue weighted by Gasteiger charge is -2.33. The molecule has 6 rings (SSSR count). The van der Waals surface area contributed by atoms with Crippen molar-refractivity contribution in [1.29, 1.82) is 0 Å². The number of carbonyl (C=O) groups excluding carboxylic acids is 1. The lowest BCUT2D eigenvalue weighted by Crippen LogP contribution is -2.39. The average molecular weight is 549 g/mol. The van der Waals surface area contributed by atoms with Crippen LogP contribution in [0.25, 0.3) is 11.0 Å². The first kappa shape index (κ1) is 25.4. The molecule has 1 aliphatic carbocycles. The van der Waals surface area contributed by atoms with Crippen molar-refractivity contribution in [3.05, 3.63) is 99.3 Å². The number of carbonyl (C=O) groups is 1. The van der Waals surface area contributed by atoms with Gasteiger partial charge in [0.05, 0.1) is 17.6 Å². The summed E-state index contributed by atoms with van der Waals surface area (Å²) in [7, 11) is 0. The summed E-state index contributed by atoms with van der Waals surface area (Å²) in [5.41, 5.74) is 5.72. The summed E-state index contributed by atoms with van der Waals surface area (Å²) in [6.07, 6.45) is 4.35. The molecule has 1 amide bonds. The van der Waals surface area contributed by atoms with Gasteiger partial charge in [0.2, 0.25) is 5.91 Å². The van der Waals surface area contributed by atoms with E-state index in [0.717, 1.165) is 33.9 Å². The molecule has 0 spiro atoms. The van der Waals surface area contributed by atoms with Gasteiger partial charge in [-0.05, 0) is 78.8 Å². The highest BCUT2D eigenvalue weighted by molar-refractivity contribution is 6.30. The van der Waals surface area contributed by atoms with Crippen molar-refractivity contribution in [2.24, 2.45) is 0 Å². The SMILES string of the molecule is O=C(CCO)N1CCC(n2c(C3CC3)nc3ccc(C(c4ccc(Cl)cc4)c4ccc(Cl)cc4)cc32)CC1. The smallest absolute Gasteiger partial charge is 0.224 e. The molecule has 1 aromatic heterocycles. The molecule has 38 heavy (non-hydrogen) atoms. The van der Waals surface area contributed by atoms with Gasteiger partial charge in [0.15, 0.2) is 0 Å². The zero-order chi connectivity index (χ0) is 26.2. The number of nitrogens with zero attached hydrogens (tertiary/aromatic N) is 3. The van der Waals surface area contributed by atoms with Gasteiger partial charge in [0, 0.05) is 47.4 Å². The van der Waals surface area contributed by atoms with E-state index in [-0.39, 0.29) is 24.9 Å². The first-order valence-corrected chi connectivity index (χ1v) is 14.2. The molecule has 1 saturated heterocycles. The largest absolute Gasteiger partial charge is 0.396 e. The van der Waals surface area contributed by atoms with Crippen LogP contribution in [-0.4, -0.2) is 45.2 Å². The number of halogens is 2. The Balaban J connectivity index is 1.41. The standard InChI is InChI=1S/C31H31Cl2N3O2/c32-24-8-3-20(4-9-24)30(21-5-10-25(33)11-6-21)23-7-12-27-28(19-23)36(31(34-27)22-1-2-22)26-13-16-35(17-14-26)29(38)15-18-37/h3-12,19,22,26,30,37H,1-2,13-18H2. The van der Waals surface area contributed by atoms with Crippen molar-refractivity contribution in [3.63, 3.8) is 0 Å². The number of rotatable bonds is 7. The third kappa shape index (κ3) is 5.07. The average Bonchev–Trinajstić information content (AvgIpc) is 3.71. The van der Waals surface area contributed by atoms with Crippen molar-refractivity contribution < 1.29 is 9.90 Å². The number of hydrogen-bond donors (Lipinski definition) is 1. The summed E-state index contributed by atoms with van der Waals surface area (Å²) in [5, 5.41) is 10.6. The van der Waals surface area contributed by atoms with E-state index in [1.165, 1.54) is 35.4 Å². The predicted octanol–water partition coefficient (Wildman–Crippen LogP) is 6.95. The highest BCUT2D eigenvalue weighted by Crippen LogP contribution is 2.44. The quantitative estimate of drug-likeness (QED) is 0.255. The zero-order valence-corrected chi connectivity index (χ0v) is 22.7. The highest BCUT2D eigenvalue weighted by atomic mass is 35.5. The molecule has 1 saturated carbocycles. The monoisotopic (exact) mass is 547 g/mol. The minimum absolute atomic E-state index is 0.0274. The maximum Gasteiger partial charge on any atom is 0.224 e. The molecule has 2 heterocycles. The number of hydrogen-bond acceptors (Lipinski definition) is 3. The predicted molar refractivity (Wildman–Crippen MR) is 152 cm³/mol. The number of likely N-dealkylation sites (tertiary alicyclic amines) is 1. The molecule has 1 aliphatic heterocycles. The molecule has 5 nitrogen and oxygen atoms in total. The molecule has 2 aliphatic rings. The van der Waals surface area contributed by atoms with Gasteiger partial charge >= 0.3 is 0 Å². The number of benzene rings is 3. The molecular formula is C31H31Cl2N3O2. The Morgan fingerprint density at radius 2 is 1.45 bits per heavy atom. The Bertz CT molecular complexity index is 1390. The van der Waals surface area contributed by atoms with E-state index < -0.39 is 0 Å². The Labute approximate surface area is 233 Å². The Morgan fingerprint density at radius 3 is 2.00 bits per heavy atom. The van der Waals surface area contributed by atoms with Crippen molar-refractivity contribution in [3.8, 4) is 0 Å². The summed E-state index contributed by atoms with van der Waals surface area (Å²) < 4.78 is 2.48. The number of piperidine rings is 1. The second kappa shape index (κ2) is 10.7. The fraction of sp³-hybridized carbons (Fsp3) is 0.355. The molecule has 3 aromatic carbocycles. The van der Waals surface area contributed by atoms with Crippen LogP contribution in [-0.2, 0) is 4.79 Å². The molecule has 196 valence electrons. The fourth-order valence-corrected chi connectivity index (χ4v) is 6.09. The van der Waals surface area contributed by atoms with Crippen molar-refractivity contribution in [1.82, 2.24) is 14.5 Å². The van der Waals surface area contributed by atoms with Crippen LogP contribution in [0.1, 0.15) is 72.5 Å². The normalized spacial score (nSPS) is 16.5. The van der Waals surface area contributed by atoms with E-state index >= 15 is 0 Å². The number of aliphatic hydroxyl groups is 1. The lowest BCUT2D eigenvalue weighted by molar-refractivity contribution is -0.133. The van der Waals surface area contributed by atoms with E-state index in [9.17, 15) is 9.90 Å². The fourth-order valence-electron chi connectivity index (χ4n) is 5.84. The first-order chi connectivity index (χ1) is 18.5. The highest BCUT2D eigenvalue weighted by Gasteiger charge is 2.34. The van der Waals surface area contributed by atoms with E-state index in [1.807, 2.05) is 29.2 Å². The van der Waals surface area contributed by atoms with Crippen LogP contribution < -0.4 is 0 Å². The van der Waals surface area contributed by atoms with Gasteiger partial charge in [-0.2, -0.15) is 0 Å². The van der Waals surface area contributed by atoms with Crippen LogP contribution in [0.3, 0.4) is 0 Å². The maximum atomic E-state index is 12.4. The van der Waals surface area contributed by atoms with Crippen LogP contribution in [0, 0.1) is 0 Å². The minimum Gasteiger partial charge on any atom is -0.396 e. The van der Waals surface area contributed by atoms with Crippen LogP contribution in [0.15, 0.2) is 66.7 Å². The molecule has 4 aromatic rings. The summed E-state index contributed by atoms with van der Waals surface area (Å²) in [6.45, 7) is 1.33. The third-order valence-electron chi connectivity index (χ3n) is 7.93. The molecule has 1 N–H and O–H groups in total. The molecule has 7 heteroatoms. The number of aromatic nitrogens is 2. The van der Waals surface area contributed by atoms with Gasteiger partial charge in [-0.1, -0.05) is 53.5 Å². The molecule has 0 radical (unpaired) electrons. The summed E-state index contributed by atoms with van der Waals surface area (Å²) in [6, 6.07) is 23.1. The van der Waals surface area contributed by atoms with Crippen LogP contribution in [0.5, 0.6) is 0 Å². The van der Waals surface area contributed by atoms with Gasteiger partial charge in [0.25, 0.3) is 0 Å². The second-order valence-electron chi connectivity index (χ2n) is 10.5.